The van der Waals surface area contributed by atoms with Crippen LogP contribution in [0.25, 0.3) is 0 Å². The minimum absolute atomic E-state index is 0.0158. The molecular weight excluding hydrogens is 479 g/mol. The van der Waals surface area contributed by atoms with Gasteiger partial charge in [-0.15, -0.1) is 0 Å². The molecule has 0 spiro atoms. The summed E-state index contributed by atoms with van der Waals surface area (Å²) < 4.78 is 45.2. The molecule has 1 heterocycles. The molecule has 0 aromatic heterocycles. The van der Waals surface area contributed by atoms with E-state index in [0.717, 1.165) is 54.5 Å². The third-order valence-electron chi connectivity index (χ3n) is 8.21. The second kappa shape index (κ2) is 11.0. The van der Waals surface area contributed by atoms with E-state index in [4.69, 9.17) is 10.5 Å². The molecule has 0 radical (unpaired) electrons. The van der Waals surface area contributed by atoms with Gasteiger partial charge in [-0.05, 0) is 90.7 Å². The highest BCUT2D eigenvalue weighted by molar-refractivity contribution is 5.57. The van der Waals surface area contributed by atoms with Gasteiger partial charge in [-0.2, -0.15) is 13.2 Å². The molecule has 37 heavy (non-hydrogen) atoms. The Morgan fingerprint density at radius 3 is 2.30 bits per heavy atom. The van der Waals surface area contributed by atoms with Crippen molar-refractivity contribution in [2.45, 2.75) is 84.1 Å². The second-order valence-corrected chi connectivity index (χ2v) is 11.7. The summed E-state index contributed by atoms with van der Waals surface area (Å²) in [6, 6.07) is 4.67. The van der Waals surface area contributed by atoms with Gasteiger partial charge >= 0.3 is 6.18 Å². The van der Waals surface area contributed by atoms with Crippen molar-refractivity contribution in [2.75, 3.05) is 13.2 Å². The van der Waals surface area contributed by atoms with Gasteiger partial charge in [-0.1, -0.05) is 39.0 Å². The maximum atomic E-state index is 13.2. The van der Waals surface area contributed by atoms with Gasteiger partial charge in [0, 0.05) is 30.4 Å². The first-order chi connectivity index (χ1) is 17.4. The van der Waals surface area contributed by atoms with E-state index in [2.05, 4.69) is 26.8 Å². The average Bonchev–Trinajstić information content (AvgIpc) is 3.36. The van der Waals surface area contributed by atoms with Crippen LogP contribution in [-0.2, 0) is 10.9 Å². The lowest BCUT2D eigenvalue weighted by Crippen LogP contribution is -2.35. The molecule has 2 fully saturated rings. The SMILES string of the molecule is CC1CC(C)(C)CC(O)/C1=C(C1=CCCC1)/C(=C(\N)C1CCOCC1)C(O)c1ccc(C(F)(F)F)cc1. The average molecular weight is 520 g/mol. The van der Waals surface area contributed by atoms with E-state index in [0.29, 0.717) is 49.3 Å². The predicted octanol–water partition coefficient (Wildman–Crippen LogP) is 6.60. The van der Waals surface area contributed by atoms with E-state index in [9.17, 15) is 23.4 Å². The summed E-state index contributed by atoms with van der Waals surface area (Å²) in [4.78, 5) is 0. The fourth-order valence-corrected chi connectivity index (χ4v) is 6.50. The van der Waals surface area contributed by atoms with Crippen LogP contribution in [0.1, 0.15) is 82.9 Å². The van der Waals surface area contributed by atoms with Crippen LogP contribution in [0, 0.1) is 17.3 Å². The second-order valence-electron chi connectivity index (χ2n) is 11.7. The third kappa shape index (κ3) is 6.15. The highest BCUT2D eigenvalue weighted by Gasteiger charge is 2.40. The Kier molecular flexibility index (Phi) is 8.27. The molecule has 3 atom stereocenters. The van der Waals surface area contributed by atoms with Crippen LogP contribution in [-0.4, -0.2) is 29.5 Å². The molecule has 4 N–H and O–H groups in total. The van der Waals surface area contributed by atoms with E-state index in [-0.39, 0.29) is 17.3 Å². The van der Waals surface area contributed by atoms with Crippen molar-refractivity contribution in [3.63, 3.8) is 0 Å². The summed E-state index contributed by atoms with van der Waals surface area (Å²) in [5.41, 5.74) is 10.3. The van der Waals surface area contributed by atoms with Crippen LogP contribution in [0.2, 0.25) is 0 Å². The van der Waals surface area contributed by atoms with Crippen molar-refractivity contribution in [1.82, 2.24) is 0 Å². The van der Waals surface area contributed by atoms with Gasteiger partial charge in [-0.3, -0.25) is 0 Å². The zero-order chi connectivity index (χ0) is 27.0. The van der Waals surface area contributed by atoms with Crippen molar-refractivity contribution < 1.29 is 28.1 Å². The molecular formula is C30H40F3NO3. The number of halogens is 3. The fourth-order valence-electron chi connectivity index (χ4n) is 6.50. The molecule has 1 aromatic carbocycles. The first-order valence-electron chi connectivity index (χ1n) is 13.4. The zero-order valence-corrected chi connectivity index (χ0v) is 22.1. The van der Waals surface area contributed by atoms with E-state index in [1.54, 1.807) is 0 Å². The molecule has 4 nitrogen and oxygen atoms in total. The molecule has 3 aliphatic rings. The Morgan fingerprint density at radius 2 is 1.76 bits per heavy atom. The smallest absolute Gasteiger partial charge is 0.401 e. The highest BCUT2D eigenvalue weighted by Crippen LogP contribution is 2.49. The molecule has 1 saturated heterocycles. The molecule has 1 aliphatic heterocycles. The van der Waals surface area contributed by atoms with Gasteiger partial charge in [0.1, 0.15) is 6.10 Å². The van der Waals surface area contributed by atoms with Gasteiger partial charge < -0.3 is 20.7 Å². The number of aliphatic hydroxyl groups is 2. The number of ether oxygens (including phenoxy) is 1. The molecule has 7 heteroatoms. The van der Waals surface area contributed by atoms with Crippen LogP contribution in [0.3, 0.4) is 0 Å². The van der Waals surface area contributed by atoms with Crippen LogP contribution in [0.15, 0.2) is 58.3 Å². The summed E-state index contributed by atoms with van der Waals surface area (Å²) in [5.74, 6) is 0.0467. The number of hydrogen-bond acceptors (Lipinski definition) is 4. The largest absolute Gasteiger partial charge is 0.416 e. The summed E-state index contributed by atoms with van der Waals surface area (Å²) in [6.45, 7) is 7.56. The van der Waals surface area contributed by atoms with Crippen molar-refractivity contribution in [3.8, 4) is 0 Å². The Morgan fingerprint density at radius 1 is 1.11 bits per heavy atom. The Hall–Kier alpha value is -2.09. The number of benzene rings is 1. The number of allylic oxidation sites excluding steroid dienone is 3. The summed E-state index contributed by atoms with van der Waals surface area (Å²) in [5, 5.41) is 23.3. The fraction of sp³-hybridized carbons (Fsp3) is 0.600. The molecule has 1 aromatic rings. The standard InChI is InChI=1S/C30H40F3NO3/c1-18-16-29(2,3)17-23(35)24(18)25(19-6-4-5-7-19)26(27(34)20-12-14-37-15-13-20)28(36)21-8-10-22(11-9-21)30(31,32)33/h6,8-11,18,20,23,28,35-36H,4-5,7,12-17,34H2,1-3H3/b25-24+,27-26+. The van der Waals surface area contributed by atoms with Gasteiger partial charge in [0.05, 0.1) is 11.7 Å². The van der Waals surface area contributed by atoms with Crippen molar-refractivity contribution in [3.05, 3.63) is 69.5 Å². The normalized spacial score (nSPS) is 27.9. The van der Waals surface area contributed by atoms with Gasteiger partial charge in [0.15, 0.2) is 0 Å². The Labute approximate surface area is 218 Å². The first-order valence-corrected chi connectivity index (χ1v) is 13.4. The third-order valence-corrected chi connectivity index (χ3v) is 8.21. The molecule has 2 aliphatic carbocycles. The quantitative estimate of drug-likeness (QED) is 0.410. The molecule has 0 amide bonds. The molecule has 3 unspecified atom stereocenters. The topological polar surface area (TPSA) is 75.7 Å². The number of aliphatic hydroxyl groups excluding tert-OH is 2. The van der Waals surface area contributed by atoms with Gasteiger partial charge in [0.25, 0.3) is 0 Å². The lowest BCUT2D eigenvalue weighted by Gasteiger charge is -2.41. The molecule has 204 valence electrons. The van der Waals surface area contributed by atoms with Crippen molar-refractivity contribution in [2.24, 2.45) is 23.0 Å². The van der Waals surface area contributed by atoms with Crippen LogP contribution < -0.4 is 5.73 Å². The molecule has 0 bridgehead atoms. The maximum absolute atomic E-state index is 13.2. The lowest BCUT2D eigenvalue weighted by atomic mass is 9.66. The van der Waals surface area contributed by atoms with E-state index < -0.39 is 23.9 Å². The number of rotatable bonds is 5. The van der Waals surface area contributed by atoms with E-state index in [1.807, 2.05) is 0 Å². The van der Waals surface area contributed by atoms with Crippen LogP contribution >= 0.6 is 0 Å². The van der Waals surface area contributed by atoms with E-state index >= 15 is 0 Å². The van der Waals surface area contributed by atoms with E-state index in [1.165, 1.54) is 12.1 Å². The minimum Gasteiger partial charge on any atom is -0.401 e. The maximum Gasteiger partial charge on any atom is 0.416 e. The first kappa shape index (κ1) is 27.9. The predicted molar refractivity (Wildman–Crippen MR) is 138 cm³/mol. The highest BCUT2D eigenvalue weighted by atomic mass is 19.4. The van der Waals surface area contributed by atoms with Crippen molar-refractivity contribution in [1.29, 1.82) is 0 Å². The summed E-state index contributed by atoms with van der Waals surface area (Å²) in [6.07, 6.45) is 1.40. The zero-order valence-electron chi connectivity index (χ0n) is 22.1. The monoisotopic (exact) mass is 519 g/mol. The van der Waals surface area contributed by atoms with Crippen molar-refractivity contribution >= 4 is 0 Å². The number of alkyl halides is 3. The summed E-state index contributed by atoms with van der Waals surface area (Å²) >= 11 is 0. The molecule has 1 saturated carbocycles. The molecule has 4 rings (SSSR count). The Bertz CT molecular complexity index is 1050. The van der Waals surface area contributed by atoms with Crippen LogP contribution in [0.5, 0.6) is 0 Å². The number of hydrogen-bond donors (Lipinski definition) is 3. The van der Waals surface area contributed by atoms with Crippen LogP contribution in [0.4, 0.5) is 13.2 Å². The minimum atomic E-state index is -4.46. The van der Waals surface area contributed by atoms with Gasteiger partial charge in [0.2, 0.25) is 0 Å². The Balaban J connectivity index is 1.90. The number of nitrogens with two attached hydrogens (primary N) is 1. The lowest BCUT2D eigenvalue weighted by molar-refractivity contribution is -0.137. The van der Waals surface area contributed by atoms with Gasteiger partial charge in [-0.25, -0.2) is 0 Å². The summed E-state index contributed by atoms with van der Waals surface area (Å²) in [7, 11) is 0.